The first-order valence-corrected chi connectivity index (χ1v) is 19.5. The summed E-state index contributed by atoms with van der Waals surface area (Å²) in [6, 6.07) is 0. The summed E-state index contributed by atoms with van der Waals surface area (Å²) in [5.74, 6) is -0.804. The summed E-state index contributed by atoms with van der Waals surface area (Å²) < 4.78 is 30.1. The number of rotatable bonds is 32. The van der Waals surface area contributed by atoms with Crippen molar-refractivity contribution in [2.24, 2.45) is 5.92 Å². The van der Waals surface area contributed by atoms with E-state index in [0.717, 1.165) is 64.2 Å². The Morgan fingerprint density at radius 2 is 0.756 bits per heavy atom. The maximum absolute atomic E-state index is 12.8. The molecule has 0 saturated heterocycles. The summed E-state index contributed by atoms with van der Waals surface area (Å²) in [7, 11) is -3.77. The molecule has 1 atom stereocenters. The van der Waals surface area contributed by atoms with Crippen molar-refractivity contribution >= 4 is 16.1 Å². The molecule has 0 spiro atoms. The van der Waals surface area contributed by atoms with E-state index in [2.05, 4.69) is 20.8 Å². The van der Waals surface area contributed by atoms with E-state index in [1.165, 1.54) is 116 Å². The van der Waals surface area contributed by atoms with E-state index in [4.69, 9.17) is 4.18 Å². The number of hydrogen-bond acceptors (Lipinski definition) is 4. The Bertz CT molecular complexity index is 645. The predicted molar refractivity (Wildman–Crippen MR) is 175 cm³/mol. The zero-order chi connectivity index (χ0) is 29.6. The normalized spacial score (nSPS) is 12.3. The Hall–Kier alpha value is 0.420. The molecule has 0 aromatic heterocycles. The molecule has 0 fully saturated rings. The van der Waals surface area contributed by atoms with Crippen LogP contribution in [0.3, 0.4) is 0 Å². The van der Waals surface area contributed by atoms with Crippen LogP contribution >= 0.6 is 0 Å². The minimum Gasteiger partial charge on any atom is -1.00 e. The zero-order valence-electron chi connectivity index (χ0n) is 29.3. The predicted octanol–water partition coefficient (Wildman–Crippen LogP) is 8.96. The fraction of sp³-hybridized carbons (Fsp3) is 0.971. The van der Waals surface area contributed by atoms with Gasteiger partial charge in [0, 0.05) is 0 Å². The molecule has 0 amide bonds. The van der Waals surface area contributed by atoms with Crippen LogP contribution in [-0.2, 0) is 19.1 Å². The van der Waals surface area contributed by atoms with Gasteiger partial charge in [-0.3, -0.25) is 4.79 Å². The molecule has 0 aliphatic rings. The molecule has 0 N–H and O–H groups in total. The van der Waals surface area contributed by atoms with E-state index >= 15 is 0 Å². The molecule has 6 heteroatoms. The van der Waals surface area contributed by atoms with Crippen LogP contribution in [0.25, 0.3) is 0 Å². The van der Waals surface area contributed by atoms with Gasteiger partial charge in [-0.1, -0.05) is 188 Å². The number of hydrogen-bond donors (Lipinski definition) is 0. The van der Waals surface area contributed by atoms with Crippen LogP contribution < -0.4 is 29.6 Å². The van der Waals surface area contributed by atoms with E-state index in [1.807, 2.05) is 0 Å². The summed E-state index contributed by atoms with van der Waals surface area (Å²) in [4.78, 5) is 12.8. The van der Waals surface area contributed by atoms with Crippen molar-refractivity contribution in [2.45, 2.75) is 207 Å². The van der Waals surface area contributed by atoms with Crippen LogP contribution in [0.4, 0.5) is 0 Å². The molecule has 1 unspecified atom stereocenters. The first kappa shape index (κ1) is 43.5. The van der Waals surface area contributed by atoms with Crippen LogP contribution in [0, 0.1) is 5.92 Å². The molecule has 41 heavy (non-hydrogen) atoms. The first-order valence-electron chi connectivity index (χ1n) is 17.9. The summed E-state index contributed by atoms with van der Waals surface area (Å²) in [5.41, 5.74) is 0. The second-order valence-electron chi connectivity index (χ2n) is 12.4. The van der Waals surface area contributed by atoms with Gasteiger partial charge in [0.1, 0.15) is 0 Å². The van der Waals surface area contributed by atoms with Crippen LogP contribution in [0.2, 0.25) is 0 Å². The average Bonchev–Trinajstić information content (AvgIpc) is 2.93. The third-order valence-electron chi connectivity index (χ3n) is 8.35. The second-order valence-corrected chi connectivity index (χ2v) is 14.1. The summed E-state index contributed by atoms with van der Waals surface area (Å²) in [6.07, 6.45) is 34.5. The first-order chi connectivity index (χ1) is 19.5. The van der Waals surface area contributed by atoms with E-state index < -0.39 is 16.1 Å². The van der Waals surface area contributed by atoms with Crippen molar-refractivity contribution in [1.82, 2.24) is 0 Å². The van der Waals surface area contributed by atoms with Gasteiger partial charge in [0.2, 0.25) is 0 Å². The summed E-state index contributed by atoms with van der Waals surface area (Å²) in [5, 5.41) is 0. The standard InChI is InChI=1S/C35H70O4S.Na.H/c1-4-7-10-13-15-16-17-18-19-20-21-22-23-24-25-27-30-33-40(37,38)39-35(36)34(31-28-12-9-6-3)32-29-26-14-11-8-5-2;;/h34H,4-33H2,1-3H3;;/q;+1;-1. The van der Waals surface area contributed by atoms with Gasteiger partial charge in [-0.15, -0.1) is 0 Å². The molecule has 0 aromatic rings. The van der Waals surface area contributed by atoms with Gasteiger partial charge in [-0.2, -0.15) is 8.42 Å². The Labute approximate surface area is 281 Å². The average molecular weight is 611 g/mol. The molecule has 242 valence electrons. The van der Waals surface area contributed by atoms with Crippen LogP contribution in [0.5, 0.6) is 0 Å². The summed E-state index contributed by atoms with van der Waals surface area (Å²) >= 11 is 0. The van der Waals surface area contributed by atoms with Gasteiger partial charge in [-0.05, 0) is 19.3 Å². The fourth-order valence-electron chi connectivity index (χ4n) is 5.61. The maximum atomic E-state index is 12.8. The molecular formula is C35H71NaO4S. The Kier molecular flexibility index (Phi) is 35.4. The Morgan fingerprint density at radius 1 is 0.488 bits per heavy atom. The largest absolute Gasteiger partial charge is 1.00 e. The summed E-state index contributed by atoms with van der Waals surface area (Å²) in [6.45, 7) is 6.66. The molecule has 0 bridgehead atoms. The number of unbranched alkanes of at least 4 members (excludes halogenated alkanes) is 24. The SMILES string of the molecule is CCCCCCCCCCCCCCCCCCCS(=O)(=O)OC(=O)C(CCCCCC)CCCCCCCC.[H-].[Na+]. The smallest absolute Gasteiger partial charge is 1.00 e. The molecule has 0 aromatic carbocycles. The number of carbonyl (C=O) groups is 1. The van der Waals surface area contributed by atoms with E-state index in [-0.39, 0.29) is 42.7 Å². The van der Waals surface area contributed by atoms with Crippen molar-refractivity contribution in [3.05, 3.63) is 0 Å². The van der Waals surface area contributed by atoms with Crippen molar-refractivity contribution < 1.29 is 48.4 Å². The van der Waals surface area contributed by atoms with E-state index in [9.17, 15) is 13.2 Å². The van der Waals surface area contributed by atoms with Gasteiger partial charge >= 0.3 is 45.6 Å². The molecule has 0 saturated carbocycles. The molecule has 0 aliphatic carbocycles. The van der Waals surface area contributed by atoms with Gasteiger partial charge in [0.05, 0.1) is 11.7 Å². The maximum Gasteiger partial charge on any atom is 1.00 e. The van der Waals surface area contributed by atoms with Crippen molar-refractivity contribution in [1.29, 1.82) is 0 Å². The van der Waals surface area contributed by atoms with Gasteiger partial charge in [0.15, 0.2) is 0 Å². The van der Waals surface area contributed by atoms with Crippen LogP contribution in [0.1, 0.15) is 208 Å². The fourth-order valence-corrected chi connectivity index (χ4v) is 6.63. The van der Waals surface area contributed by atoms with Gasteiger partial charge in [0.25, 0.3) is 0 Å². The second kappa shape index (κ2) is 33.3. The monoisotopic (exact) mass is 610 g/mol. The van der Waals surface area contributed by atoms with Crippen molar-refractivity contribution in [3.8, 4) is 0 Å². The third-order valence-corrected chi connectivity index (χ3v) is 9.56. The van der Waals surface area contributed by atoms with Crippen LogP contribution in [0.15, 0.2) is 0 Å². The molecular weight excluding hydrogens is 539 g/mol. The minimum atomic E-state index is -3.77. The van der Waals surface area contributed by atoms with Crippen molar-refractivity contribution in [3.63, 3.8) is 0 Å². The Balaban J connectivity index is -0.00000760. The molecule has 0 radical (unpaired) electrons. The molecule has 0 heterocycles. The van der Waals surface area contributed by atoms with Crippen LogP contribution in [-0.4, -0.2) is 20.1 Å². The van der Waals surface area contributed by atoms with Gasteiger partial charge in [-0.25, -0.2) is 0 Å². The zero-order valence-corrected chi connectivity index (χ0v) is 31.1. The molecule has 0 aliphatic heterocycles. The molecule has 4 nitrogen and oxygen atoms in total. The van der Waals surface area contributed by atoms with E-state index in [0.29, 0.717) is 6.42 Å². The quantitative estimate of drug-likeness (QED) is 0.0433. The topological polar surface area (TPSA) is 60.4 Å². The number of carbonyl (C=O) groups excluding carboxylic acids is 1. The Morgan fingerprint density at radius 3 is 1.10 bits per heavy atom. The third kappa shape index (κ3) is 31.6. The van der Waals surface area contributed by atoms with Crippen molar-refractivity contribution in [2.75, 3.05) is 5.75 Å². The minimum absolute atomic E-state index is 0. The molecule has 0 rings (SSSR count). The van der Waals surface area contributed by atoms with E-state index in [1.54, 1.807) is 0 Å². The van der Waals surface area contributed by atoms with Gasteiger partial charge < -0.3 is 5.61 Å².